The number of benzene rings is 1. The molecule has 0 spiro atoms. The molecule has 3 rings (SSSR count). The van der Waals surface area contributed by atoms with Gasteiger partial charge in [0.25, 0.3) is 0 Å². The van der Waals surface area contributed by atoms with Crippen molar-refractivity contribution in [2.75, 3.05) is 0 Å². The number of carbonyl (C=O) groups is 1. The molecule has 0 unspecified atom stereocenters. The fraction of sp³-hybridized carbons (Fsp3) is 0.0769. The Morgan fingerprint density at radius 3 is 3.00 bits per heavy atom. The minimum absolute atomic E-state index is 0.410. The number of carbonyl (C=O) groups excluding carboxylic acids is 1. The summed E-state index contributed by atoms with van der Waals surface area (Å²) in [6.07, 6.45) is 3.53. The van der Waals surface area contributed by atoms with Gasteiger partial charge in [0.1, 0.15) is 0 Å². The first-order chi connectivity index (χ1) is 8.24. The first-order valence-corrected chi connectivity index (χ1v) is 5.36. The lowest BCUT2D eigenvalue weighted by molar-refractivity contribution is 0.100. The minimum atomic E-state index is -0.410. The monoisotopic (exact) mass is 225 g/mol. The average molecular weight is 225 g/mol. The van der Waals surface area contributed by atoms with E-state index in [9.17, 15) is 4.79 Å². The average Bonchev–Trinajstić information content (AvgIpc) is 2.64. The van der Waals surface area contributed by atoms with Gasteiger partial charge in [-0.25, -0.2) is 0 Å². The van der Waals surface area contributed by atoms with E-state index in [1.807, 2.05) is 28.8 Å². The van der Waals surface area contributed by atoms with Crippen molar-refractivity contribution in [3.8, 4) is 0 Å². The molecule has 0 bridgehead atoms. The highest BCUT2D eigenvalue weighted by atomic mass is 16.1. The second kappa shape index (κ2) is 3.59. The predicted octanol–water partition coefficient (Wildman–Crippen LogP) is 1.70. The Morgan fingerprint density at radius 2 is 2.18 bits per heavy atom. The van der Waals surface area contributed by atoms with Gasteiger partial charge in [-0.05, 0) is 17.7 Å². The highest BCUT2D eigenvalue weighted by molar-refractivity contribution is 5.95. The minimum Gasteiger partial charge on any atom is -0.366 e. The van der Waals surface area contributed by atoms with Gasteiger partial charge in [-0.3, -0.25) is 9.79 Å². The third-order valence-corrected chi connectivity index (χ3v) is 2.88. The number of hydrogen-bond donors (Lipinski definition) is 1. The zero-order valence-corrected chi connectivity index (χ0v) is 9.13. The van der Waals surface area contributed by atoms with Crippen molar-refractivity contribution in [2.24, 2.45) is 10.7 Å². The lowest BCUT2D eigenvalue weighted by Crippen LogP contribution is -2.09. The number of fused-ring (bicyclic) bond motifs is 2. The van der Waals surface area contributed by atoms with Crippen LogP contribution in [0.25, 0.3) is 0 Å². The summed E-state index contributed by atoms with van der Waals surface area (Å²) in [5.41, 5.74) is 8.78. The SMILES string of the molecule is NC(=O)c1cc2n(c1)Cc1ccccc1N=C2. The van der Waals surface area contributed by atoms with Crippen LogP contribution in [0.4, 0.5) is 5.69 Å². The number of amides is 1. The van der Waals surface area contributed by atoms with Crippen LogP contribution in [0.2, 0.25) is 0 Å². The van der Waals surface area contributed by atoms with Crippen molar-refractivity contribution in [3.63, 3.8) is 0 Å². The maximum absolute atomic E-state index is 11.1. The molecule has 0 radical (unpaired) electrons. The molecule has 4 heteroatoms. The van der Waals surface area contributed by atoms with E-state index in [2.05, 4.69) is 4.99 Å². The second-order valence-electron chi connectivity index (χ2n) is 4.03. The Labute approximate surface area is 98.4 Å². The Kier molecular flexibility index (Phi) is 2.08. The van der Waals surface area contributed by atoms with Crippen molar-refractivity contribution < 1.29 is 4.79 Å². The third-order valence-electron chi connectivity index (χ3n) is 2.88. The van der Waals surface area contributed by atoms with Gasteiger partial charge in [-0.15, -0.1) is 0 Å². The summed E-state index contributed by atoms with van der Waals surface area (Å²) in [4.78, 5) is 15.5. The zero-order valence-electron chi connectivity index (χ0n) is 9.13. The van der Waals surface area contributed by atoms with Gasteiger partial charge in [-0.1, -0.05) is 18.2 Å². The van der Waals surface area contributed by atoms with Crippen LogP contribution in [-0.2, 0) is 6.54 Å². The molecule has 0 saturated heterocycles. The van der Waals surface area contributed by atoms with Crippen LogP contribution in [0.3, 0.4) is 0 Å². The Balaban J connectivity index is 2.11. The number of nitrogens with two attached hydrogens (primary N) is 1. The van der Waals surface area contributed by atoms with E-state index >= 15 is 0 Å². The molecular weight excluding hydrogens is 214 g/mol. The quantitative estimate of drug-likeness (QED) is 0.673. The number of nitrogens with zero attached hydrogens (tertiary/aromatic N) is 2. The molecule has 2 aromatic rings. The molecule has 2 heterocycles. The summed E-state index contributed by atoms with van der Waals surface area (Å²) >= 11 is 0. The molecule has 84 valence electrons. The molecule has 17 heavy (non-hydrogen) atoms. The van der Waals surface area contributed by atoms with Crippen LogP contribution in [0.15, 0.2) is 41.5 Å². The Morgan fingerprint density at radius 1 is 1.35 bits per heavy atom. The summed E-state index contributed by atoms with van der Waals surface area (Å²) in [5.74, 6) is -0.410. The lowest BCUT2D eigenvalue weighted by Gasteiger charge is -2.04. The van der Waals surface area contributed by atoms with Crippen molar-refractivity contribution in [1.82, 2.24) is 4.57 Å². The highest BCUT2D eigenvalue weighted by Gasteiger charge is 2.12. The maximum atomic E-state index is 11.1. The lowest BCUT2D eigenvalue weighted by atomic mass is 10.2. The van der Waals surface area contributed by atoms with E-state index < -0.39 is 5.91 Å². The predicted molar refractivity (Wildman–Crippen MR) is 65.7 cm³/mol. The summed E-state index contributed by atoms with van der Waals surface area (Å²) in [6.45, 7) is 0.707. The van der Waals surface area contributed by atoms with Gasteiger partial charge in [0.2, 0.25) is 5.91 Å². The summed E-state index contributed by atoms with van der Waals surface area (Å²) in [6, 6.07) is 9.72. The Hall–Kier alpha value is -2.36. The summed E-state index contributed by atoms with van der Waals surface area (Å²) in [7, 11) is 0. The summed E-state index contributed by atoms with van der Waals surface area (Å²) in [5, 5.41) is 0. The molecule has 1 aromatic carbocycles. The number of aromatic nitrogens is 1. The van der Waals surface area contributed by atoms with Crippen molar-refractivity contribution in [2.45, 2.75) is 6.54 Å². The van der Waals surface area contributed by atoms with E-state index in [-0.39, 0.29) is 0 Å². The fourth-order valence-corrected chi connectivity index (χ4v) is 1.99. The molecular formula is C13H11N3O. The smallest absolute Gasteiger partial charge is 0.250 e. The van der Waals surface area contributed by atoms with E-state index in [1.165, 1.54) is 0 Å². The normalized spacial score (nSPS) is 12.7. The topological polar surface area (TPSA) is 60.4 Å². The summed E-state index contributed by atoms with van der Waals surface area (Å²) < 4.78 is 1.98. The van der Waals surface area contributed by atoms with Crippen molar-refractivity contribution >= 4 is 17.8 Å². The van der Waals surface area contributed by atoms with Crippen LogP contribution in [-0.4, -0.2) is 16.7 Å². The van der Waals surface area contributed by atoms with Gasteiger partial charge in [0.15, 0.2) is 0 Å². The van der Waals surface area contributed by atoms with Gasteiger partial charge >= 0.3 is 0 Å². The van der Waals surface area contributed by atoms with Gasteiger partial charge in [0.05, 0.1) is 23.2 Å². The molecule has 0 saturated carbocycles. The maximum Gasteiger partial charge on any atom is 0.250 e. The number of primary amides is 1. The van der Waals surface area contributed by atoms with Crippen LogP contribution < -0.4 is 5.73 Å². The molecule has 0 atom stereocenters. The highest BCUT2D eigenvalue weighted by Crippen LogP contribution is 2.23. The van der Waals surface area contributed by atoms with Crippen molar-refractivity contribution in [3.05, 3.63) is 53.3 Å². The molecule has 2 N–H and O–H groups in total. The van der Waals surface area contributed by atoms with Crippen LogP contribution in [0, 0.1) is 0 Å². The molecule has 4 nitrogen and oxygen atoms in total. The van der Waals surface area contributed by atoms with Gasteiger partial charge in [0, 0.05) is 12.7 Å². The van der Waals surface area contributed by atoms with Crippen molar-refractivity contribution in [1.29, 1.82) is 0 Å². The second-order valence-corrected chi connectivity index (χ2v) is 4.03. The van der Waals surface area contributed by atoms with E-state index in [0.717, 1.165) is 16.9 Å². The number of hydrogen-bond acceptors (Lipinski definition) is 2. The van der Waals surface area contributed by atoms with E-state index in [4.69, 9.17) is 5.73 Å². The van der Waals surface area contributed by atoms with Gasteiger partial charge in [-0.2, -0.15) is 0 Å². The standard InChI is InChI=1S/C13H11N3O/c14-13(17)10-5-11-6-15-12-4-2-1-3-9(12)7-16(11)8-10/h1-6,8H,7H2,(H2,14,17). The molecule has 0 aliphatic carbocycles. The van der Waals surface area contributed by atoms with Crippen LogP contribution in [0.1, 0.15) is 21.6 Å². The number of aliphatic imine (C=N–C) groups is 1. The number of rotatable bonds is 1. The van der Waals surface area contributed by atoms with Crippen LogP contribution in [0.5, 0.6) is 0 Å². The molecule has 0 fully saturated rings. The first-order valence-electron chi connectivity index (χ1n) is 5.36. The molecule has 1 aliphatic rings. The molecule has 1 amide bonds. The molecule has 1 aliphatic heterocycles. The fourth-order valence-electron chi connectivity index (χ4n) is 1.99. The number of para-hydroxylation sites is 1. The van der Waals surface area contributed by atoms with E-state index in [1.54, 1.807) is 18.5 Å². The zero-order chi connectivity index (χ0) is 11.8. The third kappa shape index (κ3) is 1.63. The van der Waals surface area contributed by atoms with Crippen LogP contribution >= 0.6 is 0 Å². The largest absolute Gasteiger partial charge is 0.366 e. The first kappa shape index (κ1) is 9.84. The molecule has 1 aromatic heterocycles. The van der Waals surface area contributed by atoms with Gasteiger partial charge < -0.3 is 10.3 Å². The Bertz CT molecular complexity index is 625. The van der Waals surface area contributed by atoms with E-state index in [0.29, 0.717) is 12.1 Å².